The molecule has 0 spiro atoms. The lowest BCUT2D eigenvalue weighted by Crippen LogP contribution is -2.50. The van der Waals surface area contributed by atoms with E-state index in [9.17, 15) is 4.79 Å². The van der Waals surface area contributed by atoms with Gasteiger partial charge in [0.2, 0.25) is 0 Å². The van der Waals surface area contributed by atoms with Gasteiger partial charge < -0.3 is 10.1 Å². The minimum atomic E-state index is -0.708. The lowest BCUT2D eigenvalue weighted by Gasteiger charge is -2.28. The third-order valence-electron chi connectivity index (χ3n) is 2.59. The Labute approximate surface area is 108 Å². The van der Waals surface area contributed by atoms with Crippen LogP contribution in [0.4, 0.5) is 0 Å². The summed E-state index contributed by atoms with van der Waals surface area (Å²) < 4.78 is 5.06. The van der Waals surface area contributed by atoms with E-state index >= 15 is 0 Å². The molecule has 0 rings (SSSR count). The molecule has 0 saturated heterocycles. The highest BCUT2D eigenvalue weighted by atomic mass is 16.5. The van der Waals surface area contributed by atoms with Gasteiger partial charge in [-0.05, 0) is 45.2 Å². The zero-order valence-electron chi connectivity index (χ0n) is 11.2. The normalized spacial score (nSPS) is 13.2. The Bertz CT molecular complexity index is 313. The summed E-state index contributed by atoms with van der Waals surface area (Å²) in [6.45, 7) is 8.65. The van der Waals surface area contributed by atoms with Crippen molar-refractivity contribution in [1.29, 1.82) is 0 Å². The summed E-state index contributed by atoms with van der Waals surface area (Å²) in [4.78, 5) is 14.6. The highest BCUT2D eigenvalue weighted by molar-refractivity contribution is 5.80. The molecule has 0 fully saturated rings. The summed E-state index contributed by atoms with van der Waals surface area (Å²) in [5, 5.41) is 6.61. The van der Waals surface area contributed by atoms with Crippen LogP contribution in [0.5, 0.6) is 0 Å². The molecule has 0 amide bonds. The predicted molar refractivity (Wildman–Crippen MR) is 71.1 cm³/mol. The largest absolute Gasteiger partial charge is 0.465 e. The second kappa shape index (κ2) is 9.50. The maximum absolute atomic E-state index is 11.9. The molecule has 18 heavy (non-hydrogen) atoms. The molecule has 0 aliphatic heterocycles. The van der Waals surface area contributed by atoms with Crippen molar-refractivity contribution in [2.24, 2.45) is 5.11 Å². The van der Waals surface area contributed by atoms with Gasteiger partial charge in [0, 0.05) is 11.5 Å². The molecule has 6 heteroatoms. The molecule has 1 atom stereocenters. The van der Waals surface area contributed by atoms with Gasteiger partial charge in [0.05, 0.1) is 6.61 Å². The van der Waals surface area contributed by atoms with Gasteiger partial charge in [-0.25, -0.2) is 0 Å². The van der Waals surface area contributed by atoms with Gasteiger partial charge in [-0.15, -0.1) is 6.58 Å². The molecule has 0 saturated carbocycles. The van der Waals surface area contributed by atoms with Crippen LogP contribution in [0, 0.1) is 0 Å². The quantitative estimate of drug-likeness (QED) is 0.162. The Hall–Kier alpha value is -1.52. The van der Waals surface area contributed by atoms with Gasteiger partial charge in [0.15, 0.2) is 0 Å². The number of nitrogens with one attached hydrogen (secondary N) is 1. The summed E-state index contributed by atoms with van der Waals surface area (Å²) in [7, 11) is 0. The Morgan fingerprint density at radius 2 is 2.39 bits per heavy atom. The minimum Gasteiger partial charge on any atom is -0.465 e. The molecule has 1 N–H and O–H groups in total. The fourth-order valence-electron chi connectivity index (χ4n) is 1.50. The molecule has 1 unspecified atom stereocenters. The van der Waals surface area contributed by atoms with E-state index in [1.165, 1.54) is 0 Å². The van der Waals surface area contributed by atoms with Crippen LogP contribution in [0.15, 0.2) is 17.8 Å². The van der Waals surface area contributed by atoms with Crippen LogP contribution in [0.1, 0.15) is 33.1 Å². The standard InChI is InChI=1S/C12H22N4O2/c1-4-6-8-12(3,11(17)18-5-2)14-9-7-10-15-16-13/h4,14H,1,5-10H2,2-3H3. The topological polar surface area (TPSA) is 87.1 Å². The van der Waals surface area contributed by atoms with Crippen LogP contribution in [0.3, 0.4) is 0 Å². The van der Waals surface area contributed by atoms with E-state index in [0.29, 0.717) is 32.5 Å². The van der Waals surface area contributed by atoms with Gasteiger partial charge >= 0.3 is 5.97 Å². The Balaban J connectivity index is 4.31. The average Bonchev–Trinajstić information content (AvgIpc) is 2.36. The Morgan fingerprint density at radius 3 is 2.94 bits per heavy atom. The number of esters is 1. The third kappa shape index (κ3) is 6.27. The van der Waals surface area contributed by atoms with Crippen molar-refractivity contribution < 1.29 is 9.53 Å². The van der Waals surface area contributed by atoms with E-state index in [1.54, 1.807) is 13.0 Å². The molecule has 0 heterocycles. The van der Waals surface area contributed by atoms with Gasteiger partial charge in [-0.2, -0.15) is 0 Å². The van der Waals surface area contributed by atoms with Crippen LogP contribution in [-0.2, 0) is 9.53 Å². The molecular formula is C12H22N4O2. The Kier molecular flexibility index (Phi) is 8.70. The third-order valence-corrected chi connectivity index (χ3v) is 2.59. The molecule has 0 aromatic heterocycles. The highest BCUT2D eigenvalue weighted by Gasteiger charge is 2.32. The summed E-state index contributed by atoms with van der Waals surface area (Å²) in [6.07, 6.45) is 3.84. The van der Waals surface area contributed by atoms with Crippen molar-refractivity contribution in [3.8, 4) is 0 Å². The molecule has 0 aliphatic carbocycles. The first-order chi connectivity index (χ1) is 8.60. The monoisotopic (exact) mass is 254 g/mol. The molecule has 0 aliphatic rings. The molecular weight excluding hydrogens is 232 g/mol. The molecule has 0 radical (unpaired) electrons. The SMILES string of the molecule is C=CCCC(C)(NCCCN=[N+]=[N-])C(=O)OCC. The van der Waals surface area contributed by atoms with E-state index in [2.05, 4.69) is 21.9 Å². The first kappa shape index (κ1) is 16.5. The number of nitrogens with zero attached hydrogens (tertiary/aromatic N) is 3. The maximum Gasteiger partial charge on any atom is 0.326 e. The second-order valence-corrected chi connectivity index (χ2v) is 4.11. The van der Waals surface area contributed by atoms with Crippen LogP contribution in [0.2, 0.25) is 0 Å². The number of allylic oxidation sites excluding steroid dienone is 1. The summed E-state index contributed by atoms with van der Waals surface area (Å²) in [6, 6.07) is 0. The average molecular weight is 254 g/mol. The number of carbonyl (C=O) groups excluding carboxylic acids is 1. The number of ether oxygens (including phenoxy) is 1. The van der Waals surface area contributed by atoms with E-state index < -0.39 is 5.54 Å². The van der Waals surface area contributed by atoms with Gasteiger partial charge in [-0.1, -0.05) is 11.2 Å². The van der Waals surface area contributed by atoms with Crippen molar-refractivity contribution >= 4 is 5.97 Å². The lowest BCUT2D eigenvalue weighted by atomic mass is 9.95. The first-order valence-electron chi connectivity index (χ1n) is 6.14. The van der Waals surface area contributed by atoms with E-state index in [1.807, 2.05) is 6.92 Å². The fourth-order valence-corrected chi connectivity index (χ4v) is 1.50. The fraction of sp³-hybridized carbons (Fsp3) is 0.750. The van der Waals surface area contributed by atoms with Gasteiger partial charge in [0.1, 0.15) is 5.54 Å². The van der Waals surface area contributed by atoms with Crippen LogP contribution < -0.4 is 5.32 Å². The van der Waals surface area contributed by atoms with Crippen molar-refractivity contribution in [3.05, 3.63) is 23.1 Å². The highest BCUT2D eigenvalue weighted by Crippen LogP contribution is 2.15. The maximum atomic E-state index is 11.9. The zero-order valence-corrected chi connectivity index (χ0v) is 11.2. The van der Waals surface area contributed by atoms with Crippen LogP contribution in [-0.4, -0.2) is 31.2 Å². The van der Waals surface area contributed by atoms with E-state index in [4.69, 9.17) is 10.3 Å². The second-order valence-electron chi connectivity index (χ2n) is 4.11. The molecule has 0 bridgehead atoms. The number of rotatable bonds is 10. The van der Waals surface area contributed by atoms with E-state index in [0.717, 1.165) is 6.42 Å². The number of azide groups is 1. The first-order valence-corrected chi connectivity index (χ1v) is 6.14. The summed E-state index contributed by atoms with van der Waals surface area (Å²) in [5.74, 6) is -0.254. The van der Waals surface area contributed by atoms with Gasteiger partial charge in [0.25, 0.3) is 0 Å². The summed E-state index contributed by atoms with van der Waals surface area (Å²) in [5.41, 5.74) is 7.44. The number of hydrogen-bond donors (Lipinski definition) is 1. The molecule has 102 valence electrons. The van der Waals surface area contributed by atoms with Crippen molar-refractivity contribution in [2.75, 3.05) is 19.7 Å². The molecule has 6 nitrogen and oxygen atoms in total. The minimum absolute atomic E-state index is 0.254. The van der Waals surface area contributed by atoms with Gasteiger partial charge in [-0.3, -0.25) is 4.79 Å². The zero-order chi connectivity index (χ0) is 13.9. The van der Waals surface area contributed by atoms with Crippen molar-refractivity contribution in [1.82, 2.24) is 5.32 Å². The smallest absolute Gasteiger partial charge is 0.326 e. The molecule has 0 aromatic rings. The molecule has 0 aromatic carbocycles. The summed E-state index contributed by atoms with van der Waals surface area (Å²) >= 11 is 0. The van der Waals surface area contributed by atoms with Crippen LogP contribution in [0.25, 0.3) is 10.4 Å². The lowest BCUT2D eigenvalue weighted by molar-refractivity contribution is -0.150. The van der Waals surface area contributed by atoms with Crippen molar-refractivity contribution in [2.45, 2.75) is 38.6 Å². The number of carbonyl (C=O) groups is 1. The number of hydrogen-bond acceptors (Lipinski definition) is 4. The Morgan fingerprint density at radius 1 is 1.67 bits per heavy atom. The van der Waals surface area contributed by atoms with Crippen molar-refractivity contribution in [3.63, 3.8) is 0 Å². The van der Waals surface area contributed by atoms with Crippen LogP contribution >= 0.6 is 0 Å². The predicted octanol–water partition coefficient (Wildman–Crippen LogP) is 2.56. The van der Waals surface area contributed by atoms with E-state index in [-0.39, 0.29) is 5.97 Å².